The number of nitrogens with one attached hydrogen (secondary N) is 1. The molecule has 2 aromatic carbocycles. The molecule has 0 heterocycles. The quantitative estimate of drug-likeness (QED) is 0.671. The van der Waals surface area contributed by atoms with Gasteiger partial charge in [0.15, 0.2) is 0 Å². The smallest absolute Gasteiger partial charge is 0.119 e. The molecule has 0 saturated heterocycles. The Morgan fingerprint density at radius 2 is 1.79 bits per heavy atom. The summed E-state index contributed by atoms with van der Waals surface area (Å²) in [6.45, 7) is 0. The van der Waals surface area contributed by atoms with Crippen molar-refractivity contribution in [2.75, 3.05) is 12.5 Å². The van der Waals surface area contributed by atoms with Crippen molar-refractivity contribution in [2.45, 2.75) is 0 Å². The summed E-state index contributed by atoms with van der Waals surface area (Å²) in [4.78, 5) is 0. The monoisotopic (exact) mass is 251 g/mol. The highest BCUT2D eigenvalue weighted by atomic mass is 16.5. The minimum atomic E-state index is 0.639. The molecule has 0 bridgehead atoms. The van der Waals surface area contributed by atoms with E-state index >= 15 is 0 Å². The van der Waals surface area contributed by atoms with E-state index in [1.165, 1.54) is 0 Å². The first-order valence-electron chi connectivity index (χ1n) is 5.75. The van der Waals surface area contributed by atoms with Gasteiger partial charge in [-0.05, 0) is 42.0 Å². The average Bonchev–Trinajstić information content (AvgIpc) is 2.49. The van der Waals surface area contributed by atoms with Gasteiger partial charge in [0.1, 0.15) is 5.75 Å². The van der Waals surface area contributed by atoms with Gasteiger partial charge in [-0.3, -0.25) is 5.43 Å². The molecule has 0 aromatic heterocycles. The summed E-state index contributed by atoms with van der Waals surface area (Å²) in [5, 5.41) is 12.8. The molecule has 0 amide bonds. The standard InChI is InChI=1S/C15H13N3O/c1-19-15-8-6-14(7-9-15)18-17-11-13-4-2-12(10-16)3-5-13/h2-9,11,18H,1H3/b17-11+. The molecule has 94 valence electrons. The highest BCUT2D eigenvalue weighted by molar-refractivity contribution is 5.80. The fourth-order valence-electron chi connectivity index (χ4n) is 1.49. The molecular formula is C15H13N3O. The van der Waals surface area contributed by atoms with Crippen molar-refractivity contribution in [2.24, 2.45) is 5.10 Å². The predicted octanol–water partition coefficient (Wildman–Crippen LogP) is 3.01. The van der Waals surface area contributed by atoms with E-state index in [1.54, 1.807) is 25.5 Å². The van der Waals surface area contributed by atoms with E-state index in [9.17, 15) is 0 Å². The maximum Gasteiger partial charge on any atom is 0.119 e. The summed E-state index contributed by atoms with van der Waals surface area (Å²) >= 11 is 0. The lowest BCUT2D eigenvalue weighted by Gasteiger charge is -2.02. The number of hydrazone groups is 1. The Labute approximate surface area is 112 Å². The van der Waals surface area contributed by atoms with Gasteiger partial charge in [-0.25, -0.2) is 0 Å². The second-order valence-electron chi connectivity index (χ2n) is 3.83. The molecule has 1 N–H and O–H groups in total. The zero-order valence-corrected chi connectivity index (χ0v) is 10.5. The maximum absolute atomic E-state index is 8.69. The van der Waals surface area contributed by atoms with E-state index in [0.717, 1.165) is 17.0 Å². The van der Waals surface area contributed by atoms with Crippen molar-refractivity contribution in [3.63, 3.8) is 0 Å². The van der Waals surface area contributed by atoms with Crippen molar-refractivity contribution >= 4 is 11.9 Å². The van der Waals surface area contributed by atoms with Gasteiger partial charge < -0.3 is 4.74 Å². The molecular weight excluding hydrogens is 238 g/mol. The normalized spacial score (nSPS) is 10.1. The van der Waals surface area contributed by atoms with E-state index < -0.39 is 0 Å². The minimum absolute atomic E-state index is 0.639. The van der Waals surface area contributed by atoms with E-state index in [-0.39, 0.29) is 0 Å². The number of hydrogen-bond donors (Lipinski definition) is 1. The van der Waals surface area contributed by atoms with Gasteiger partial charge in [-0.2, -0.15) is 10.4 Å². The molecule has 0 aliphatic heterocycles. The number of nitriles is 1. The van der Waals surface area contributed by atoms with Crippen LogP contribution in [0, 0.1) is 11.3 Å². The third-order valence-corrected chi connectivity index (χ3v) is 2.54. The largest absolute Gasteiger partial charge is 0.497 e. The second kappa shape index (κ2) is 6.22. The van der Waals surface area contributed by atoms with Crippen LogP contribution in [0.1, 0.15) is 11.1 Å². The van der Waals surface area contributed by atoms with Gasteiger partial charge >= 0.3 is 0 Å². The summed E-state index contributed by atoms with van der Waals surface area (Å²) in [5.74, 6) is 0.807. The SMILES string of the molecule is COc1ccc(N/N=C/c2ccc(C#N)cc2)cc1. The highest BCUT2D eigenvalue weighted by Crippen LogP contribution is 2.14. The summed E-state index contributed by atoms with van der Waals surface area (Å²) < 4.78 is 5.07. The van der Waals surface area contributed by atoms with Crippen molar-refractivity contribution in [3.05, 3.63) is 59.7 Å². The van der Waals surface area contributed by atoms with Crippen LogP contribution in [0.4, 0.5) is 5.69 Å². The van der Waals surface area contributed by atoms with Gasteiger partial charge in [0.2, 0.25) is 0 Å². The number of ether oxygens (including phenoxy) is 1. The van der Waals surface area contributed by atoms with Crippen LogP contribution in [-0.4, -0.2) is 13.3 Å². The Hall–Kier alpha value is -2.80. The zero-order valence-electron chi connectivity index (χ0n) is 10.5. The van der Waals surface area contributed by atoms with Crippen LogP contribution in [0.15, 0.2) is 53.6 Å². The zero-order chi connectivity index (χ0) is 13.5. The number of anilines is 1. The molecule has 0 aliphatic rings. The second-order valence-corrected chi connectivity index (χ2v) is 3.83. The lowest BCUT2D eigenvalue weighted by Crippen LogP contribution is -1.91. The third kappa shape index (κ3) is 3.58. The Bertz CT molecular complexity index is 595. The van der Waals surface area contributed by atoms with Gasteiger partial charge in [0.05, 0.1) is 30.6 Å². The van der Waals surface area contributed by atoms with Crippen LogP contribution in [0.25, 0.3) is 0 Å². The first-order valence-corrected chi connectivity index (χ1v) is 5.75. The van der Waals surface area contributed by atoms with Gasteiger partial charge in [-0.1, -0.05) is 12.1 Å². The number of rotatable bonds is 4. The topological polar surface area (TPSA) is 57.4 Å². The van der Waals surface area contributed by atoms with E-state index in [0.29, 0.717) is 5.56 Å². The summed E-state index contributed by atoms with van der Waals surface area (Å²) in [5.41, 5.74) is 5.37. The Kier molecular flexibility index (Phi) is 4.14. The van der Waals surface area contributed by atoms with Crippen molar-refractivity contribution in [3.8, 4) is 11.8 Å². The van der Waals surface area contributed by atoms with E-state index in [1.807, 2.05) is 36.4 Å². The number of hydrogen-bond acceptors (Lipinski definition) is 4. The molecule has 0 atom stereocenters. The van der Waals surface area contributed by atoms with Crippen molar-refractivity contribution < 1.29 is 4.74 Å². The molecule has 0 saturated carbocycles. The molecule has 4 heteroatoms. The van der Waals surface area contributed by atoms with Crippen molar-refractivity contribution in [1.82, 2.24) is 0 Å². The highest BCUT2D eigenvalue weighted by Gasteiger charge is 1.92. The van der Waals surface area contributed by atoms with Crippen LogP contribution >= 0.6 is 0 Å². The Morgan fingerprint density at radius 3 is 2.37 bits per heavy atom. The van der Waals surface area contributed by atoms with E-state index in [2.05, 4.69) is 16.6 Å². The van der Waals surface area contributed by atoms with Crippen LogP contribution in [-0.2, 0) is 0 Å². The molecule has 0 aliphatic carbocycles. The fraction of sp³-hybridized carbons (Fsp3) is 0.0667. The summed E-state index contributed by atoms with van der Waals surface area (Å²) in [6.07, 6.45) is 1.70. The van der Waals surface area contributed by atoms with E-state index in [4.69, 9.17) is 10.00 Å². The number of nitrogens with zero attached hydrogens (tertiary/aromatic N) is 2. The fourth-order valence-corrected chi connectivity index (χ4v) is 1.49. The minimum Gasteiger partial charge on any atom is -0.497 e. The first-order chi connectivity index (χ1) is 9.31. The van der Waals surface area contributed by atoms with Gasteiger partial charge in [0.25, 0.3) is 0 Å². The molecule has 0 fully saturated rings. The maximum atomic E-state index is 8.69. The van der Waals surface area contributed by atoms with Crippen LogP contribution < -0.4 is 10.2 Å². The molecule has 0 radical (unpaired) electrons. The molecule has 2 aromatic rings. The Morgan fingerprint density at radius 1 is 1.11 bits per heavy atom. The molecule has 2 rings (SSSR count). The average molecular weight is 251 g/mol. The number of methoxy groups -OCH3 is 1. The molecule has 4 nitrogen and oxygen atoms in total. The lowest BCUT2D eigenvalue weighted by atomic mass is 10.2. The van der Waals surface area contributed by atoms with Crippen LogP contribution in [0.5, 0.6) is 5.75 Å². The van der Waals surface area contributed by atoms with Crippen LogP contribution in [0.3, 0.4) is 0 Å². The van der Waals surface area contributed by atoms with Crippen molar-refractivity contribution in [1.29, 1.82) is 5.26 Å². The third-order valence-electron chi connectivity index (χ3n) is 2.54. The molecule has 0 unspecified atom stereocenters. The lowest BCUT2D eigenvalue weighted by molar-refractivity contribution is 0.415. The molecule has 0 spiro atoms. The predicted molar refractivity (Wildman–Crippen MR) is 75.4 cm³/mol. The van der Waals surface area contributed by atoms with Gasteiger partial charge in [0, 0.05) is 0 Å². The summed E-state index contributed by atoms with van der Waals surface area (Å²) in [7, 11) is 1.63. The Balaban J connectivity index is 1.96. The van der Waals surface area contributed by atoms with Crippen LogP contribution in [0.2, 0.25) is 0 Å². The number of benzene rings is 2. The first kappa shape index (κ1) is 12.7. The summed E-state index contributed by atoms with van der Waals surface area (Å²) in [6, 6.07) is 16.8. The van der Waals surface area contributed by atoms with Gasteiger partial charge in [-0.15, -0.1) is 0 Å². The molecule has 19 heavy (non-hydrogen) atoms.